The average Bonchev–Trinajstić information content (AvgIpc) is 2.77. The van der Waals surface area contributed by atoms with Crippen LogP contribution in [-0.4, -0.2) is 60.2 Å². The van der Waals surface area contributed by atoms with E-state index in [4.69, 9.17) is 16.3 Å². The lowest BCUT2D eigenvalue weighted by Crippen LogP contribution is -2.32. The largest absolute Gasteiger partial charge is 0.467 e. The van der Waals surface area contributed by atoms with Crippen molar-refractivity contribution in [1.29, 1.82) is 0 Å². The van der Waals surface area contributed by atoms with Crippen LogP contribution in [0.15, 0.2) is 0 Å². The Labute approximate surface area is 106 Å². The summed E-state index contributed by atoms with van der Waals surface area (Å²) >= 11 is 5.83. The van der Waals surface area contributed by atoms with E-state index in [0.29, 0.717) is 12.0 Å². The average molecular weight is 258 g/mol. The summed E-state index contributed by atoms with van der Waals surface area (Å²) in [6.07, 6.45) is 1.10. The molecular weight excluding hydrogens is 242 g/mol. The van der Waals surface area contributed by atoms with Crippen molar-refractivity contribution in [2.75, 3.05) is 39.2 Å². The van der Waals surface area contributed by atoms with Crippen LogP contribution in [0.1, 0.15) is 6.42 Å². The van der Waals surface area contributed by atoms with Crippen molar-refractivity contribution >= 4 is 17.5 Å². The number of aromatic nitrogens is 3. The van der Waals surface area contributed by atoms with Crippen LogP contribution in [0.4, 0.5) is 5.95 Å². The summed E-state index contributed by atoms with van der Waals surface area (Å²) in [6, 6.07) is 0.782. The molecule has 1 aromatic rings. The van der Waals surface area contributed by atoms with Gasteiger partial charge in [0, 0.05) is 19.1 Å². The van der Waals surface area contributed by atoms with Gasteiger partial charge in [-0.2, -0.15) is 15.0 Å². The second-order valence-electron chi connectivity index (χ2n) is 4.24. The number of ether oxygens (including phenoxy) is 1. The Morgan fingerprint density at radius 2 is 2.12 bits per heavy atom. The van der Waals surface area contributed by atoms with Gasteiger partial charge in [-0.1, -0.05) is 0 Å². The Kier molecular flexibility index (Phi) is 3.63. The number of likely N-dealkylation sites (N-methyl/N-ethyl adjacent to an activating group) is 1. The summed E-state index contributed by atoms with van der Waals surface area (Å²) in [6.45, 7) is 1.82. The van der Waals surface area contributed by atoms with Crippen molar-refractivity contribution < 1.29 is 4.74 Å². The van der Waals surface area contributed by atoms with E-state index in [0.717, 1.165) is 19.5 Å². The number of anilines is 1. The monoisotopic (exact) mass is 257 g/mol. The summed E-state index contributed by atoms with van der Waals surface area (Å²) in [5.41, 5.74) is 0. The molecule has 1 saturated heterocycles. The number of hydrogen-bond donors (Lipinski definition) is 0. The predicted octanol–water partition coefficient (Wildman–Crippen LogP) is 0.674. The Hall–Kier alpha value is -1.14. The van der Waals surface area contributed by atoms with Gasteiger partial charge in [-0.05, 0) is 32.1 Å². The van der Waals surface area contributed by atoms with Gasteiger partial charge in [0.1, 0.15) is 0 Å². The van der Waals surface area contributed by atoms with Crippen molar-refractivity contribution in [3.05, 3.63) is 5.28 Å². The minimum Gasteiger partial charge on any atom is -0.467 e. The van der Waals surface area contributed by atoms with Gasteiger partial charge in [-0.3, -0.25) is 0 Å². The van der Waals surface area contributed by atoms with Crippen LogP contribution in [0, 0.1) is 0 Å². The zero-order valence-electron chi connectivity index (χ0n) is 10.2. The highest BCUT2D eigenvalue weighted by molar-refractivity contribution is 6.28. The van der Waals surface area contributed by atoms with Gasteiger partial charge in [0.25, 0.3) is 0 Å². The minimum atomic E-state index is 0.167. The van der Waals surface area contributed by atoms with Gasteiger partial charge < -0.3 is 14.5 Å². The Morgan fingerprint density at radius 3 is 2.71 bits per heavy atom. The normalized spacial score (nSPS) is 20.1. The molecule has 17 heavy (non-hydrogen) atoms. The van der Waals surface area contributed by atoms with Crippen LogP contribution in [-0.2, 0) is 0 Å². The van der Waals surface area contributed by atoms with E-state index in [1.807, 2.05) is 0 Å². The molecule has 0 amide bonds. The zero-order valence-corrected chi connectivity index (χ0v) is 11.0. The van der Waals surface area contributed by atoms with Crippen molar-refractivity contribution in [2.45, 2.75) is 12.5 Å². The lowest BCUT2D eigenvalue weighted by Gasteiger charge is -2.20. The second-order valence-corrected chi connectivity index (χ2v) is 4.58. The molecule has 0 bridgehead atoms. The van der Waals surface area contributed by atoms with E-state index in [1.165, 1.54) is 7.11 Å². The maximum absolute atomic E-state index is 5.83. The van der Waals surface area contributed by atoms with Crippen LogP contribution in [0.3, 0.4) is 0 Å². The molecule has 1 aliphatic rings. The third kappa shape index (κ3) is 2.76. The van der Waals surface area contributed by atoms with Crippen LogP contribution < -0.4 is 9.64 Å². The Balaban J connectivity index is 2.15. The standard InChI is InChI=1S/C10H16ClN5O/c1-15(2)7-4-5-16(6-7)9-12-8(11)13-10(14-9)17-3/h7H,4-6H2,1-3H3. The van der Waals surface area contributed by atoms with Crippen molar-refractivity contribution in [1.82, 2.24) is 19.9 Å². The lowest BCUT2D eigenvalue weighted by atomic mass is 10.2. The van der Waals surface area contributed by atoms with Gasteiger partial charge in [-0.25, -0.2) is 0 Å². The topological polar surface area (TPSA) is 54.4 Å². The van der Waals surface area contributed by atoms with Gasteiger partial charge in [0.05, 0.1) is 7.11 Å². The molecular formula is C10H16ClN5O. The molecule has 0 radical (unpaired) electrons. The maximum atomic E-state index is 5.83. The number of halogens is 1. The third-order valence-electron chi connectivity index (χ3n) is 2.93. The lowest BCUT2D eigenvalue weighted by molar-refractivity contribution is 0.315. The first kappa shape index (κ1) is 12.3. The molecule has 1 fully saturated rings. The number of nitrogens with zero attached hydrogens (tertiary/aromatic N) is 5. The molecule has 0 spiro atoms. The summed E-state index contributed by atoms with van der Waals surface area (Å²) < 4.78 is 4.99. The molecule has 0 aliphatic carbocycles. The molecule has 2 rings (SSSR count). The van der Waals surface area contributed by atoms with Gasteiger partial charge in [0.15, 0.2) is 0 Å². The zero-order chi connectivity index (χ0) is 12.4. The second kappa shape index (κ2) is 5.01. The summed E-state index contributed by atoms with van der Waals surface area (Å²) in [5, 5.41) is 0.167. The first-order valence-corrected chi connectivity index (χ1v) is 5.85. The number of rotatable bonds is 3. The molecule has 94 valence electrons. The molecule has 0 saturated carbocycles. The molecule has 1 unspecified atom stereocenters. The fraction of sp³-hybridized carbons (Fsp3) is 0.700. The molecule has 0 aromatic carbocycles. The van der Waals surface area contributed by atoms with Crippen LogP contribution in [0.2, 0.25) is 5.28 Å². The van der Waals surface area contributed by atoms with Gasteiger partial charge in [0.2, 0.25) is 11.2 Å². The fourth-order valence-corrected chi connectivity index (χ4v) is 2.05. The molecule has 6 nitrogen and oxygen atoms in total. The van der Waals surface area contributed by atoms with Crippen molar-refractivity contribution in [3.63, 3.8) is 0 Å². The van der Waals surface area contributed by atoms with Crippen LogP contribution in [0.5, 0.6) is 6.01 Å². The predicted molar refractivity (Wildman–Crippen MR) is 65.7 cm³/mol. The van der Waals surface area contributed by atoms with Gasteiger partial charge >= 0.3 is 6.01 Å². The highest BCUT2D eigenvalue weighted by Crippen LogP contribution is 2.21. The first-order chi connectivity index (χ1) is 8.10. The SMILES string of the molecule is COc1nc(Cl)nc(N2CCC(N(C)C)C2)n1. The Bertz CT molecular complexity index is 400. The van der Waals surface area contributed by atoms with E-state index >= 15 is 0 Å². The fourth-order valence-electron chi connectivity index (χ4n) is 1.90. The molecule has 2 heterocycles. The van der Waals surface area contributed by atoms with Crippen molar-refractivity contribution in [2.24, 2.45) is 0 Å². The molecule has 1 aromatic heterocycles. The van der Waals surface area contributed by atoms with Crippen LogP contribution >= 0.6 is 11.6 Å². The highest BCUT2D eigenvalue weighted by atomic mass is 35.5. The molecule has 7 heteroatoms. The van der Waals surface area contributed by atoms with Crippen molar-refractivity contribution in [3.8, 4) is 6.01 Å². The summed E-state index contributed by atoms with van der Waals surface area (Å²) in [4.78, 5) is 16.5. The molecule has 0 N–H and O–H groups in total. The van der Waals surface area contributed by atoms with E-state index in [1.54, 1.807) is 0 Å². The Morgan fingerprint density at radius 1 is 1.35 bits per heavy atom. The first-order valence-electron chi connectivity index (χ1n) is 5.47. The smallest absolute Gasteiger partial charge is 0.322 e. The number of hydrogen-bond acceptors (Lipinski definition) is 6. The summed E-state index contributed by atoms with van der Waals surface area (Å²) in [7, 11) is 5.67. The molecule has 1 atom stereocenters. The number of methoxy groups -OCH3 is 1. The van der Waals surface area contributed by atoms with Gasteiger partial charge in [-0.15, -0.1) is 0 Å². The maximum Gasteiger partial charge on any atom is 0.322 e. The molecule has 1 aliphatic heterocycles. The van der Waals surface area contributed by atoms with E-state index < -0.39 is 0 Å². The van der Waals surface area contributed by atoms with E-state index in [9.17, 15) is 0 Å². The summed E-state index contributed by atoms with van der Waals surface area (Å²) in [5.74, 6) is 0.589. The van der Waals surface area contributed by atoms with Crippen LogP contribution in [0.25, 0.3) is 0 Å². The van der Waals surface area contributed by atoms with E-state index in [2.05, 4.69) is 38.8 Å². The quantitative estimate of drug-likeness (QED) is 0.794. The minimum absolute atomic E-state index is 0.167. The third-order valence-corrected chi connectivity index (χ3v) is 3.10. The van der Waals surface area contributed by atoms with E-state index in [-0.39, 0.29) is 11.3 Å². The highest BCUT2D eigenvalue weighted by Gasteiger charge is 2.26.